The second-order valence-corrected chi connectivity index (χ2v) is 8.99. The van der Waals surface area contributed by atoms with Crippen LogP contribution in [0, 0.1) is 0 Å². The van der Waals surface area contributed by atoms with Gasteiger partial charge in [0.05, 0.1) is 11.3 Å². The lowest BCUT2D eigenvalue weighted by molar-refractivity contribution is -0.121. The lowest BCUT2D eigenvalue weighted by Gasteiger charge is -2.19. The smallest absolute Gasteiger partial charge is 0.238 e. The van der Waals surface area contributed by atoms with Gasteiger partial charge in [-0.25, -0.2) is 8.42 Å². The summed E-state index contributed by atoms with van der Waals surface area (Å²) >= 11 is 1.65. The summed E-state index contributed by atoms with van der Waals surface area (Å²) in [6, 6.07) is 7.63. The largest absolute Gasteiger partial charge is 0.348 e. The topological polar surface area (TPSA) is 63.2 Å². The lowest BCUT2D eigenvalue weighted by atomic mass is 10.1. The highest BCUT2D eigenvalue weighted by Gasteiger charge is 2.31. The van der Waals surface area contributed by atoms with Crippen molar-refractivity contribution in [2.24, 2.45) is 0 Å². The van der Waals surface area contributed by atoms with Crippen LogP contribution in [0.2, 0.25) is 0 Å². The summed E-state index contributed by atoms with van der Waals surface area (Å²) in [7, 11) is -3.43. The van der Waals surface area contributed by atoms with Gasteiger partial charge in [-0.3, -0.25) is 4.79 Å². The Morgan fingerprint density at radius 2 is 1.62 bits per heavy atom. The van der Waals surface area contributed by atoms with Gasteiger partial charge in [-0.1, -0.05) is 12.1 Å². The maximum atomic E-state index is 12.1. The zero-order valence-corrected chi connectivity index (χ0v) is 14.7. The molecule has 0 spiro atoms. The highest BCUT2D eigenvalue weighted by molar-refractivity contribution is 7.98. The van der Waals surface area contributed by atoms with Crippen LogP contribution in [0.1, 0.15) is 39.3 Å². The first-order valence-electron chi connectivity index (χ1n) is 6.87. The van der Waals surface area contributed by atoms with E-state index in [1.54, 1.807) is 25.6 Å². The van der Waals surface area contributed by atoms with Gasteiger partial charge in [0.1, 0.15) is 5.25 Å². The first-order valence-corrected chi connectivity index (χ1v) is 9.70. The lowest BCUT2D eigenvalue weighted by Crippen LogP contribution is -2.41. The molecule has 0 fully saturated rings. The van der Waals surface area contributed by atoms with Gasteiger partial charge in [0.15, 0.2) is 9.84 Å². The maximum Gasteiger partial charge on any atom is 0.238 e. The van der Waals surface area contributed by atoms with E-state index in [9.17, 15) is 13.2 Å². The minimum absolute atomic E-state index is 0.224. The number of thioether (sulfide) groups is 1. The van der Waals surface area contributed by atoms with Crippen molar-refractivity contribution in [3.05, 3.63) is 29.8 Å². The summed E-state index contributed by atoms with van der Waals surface area (Å²) in [6.07, 6.45) is 2.00. The minimum Gasteiger partial charge on any atom is -0.348 e. The summed E-state index contributed by atoms with van der Waals surface area (Å²) in [6.45, 7) is 6.46. The van der Waals surface area contributed by atoms with Crippen LogP contribution < -0.4 is 5.32 Å². The number of carbonyl (C=O) groups is 1. The Kier molecular flexibility index (Phi) is 6.28. The third-order valence-electron chi connectivity index (χ3n) is 3.49. The molecule has 1 aromatic carbocycles. The van der Waals surface area contributed by atoms with Crippen LogP contribution >= 0.6 is 11.8 Å². The molecule has 0 aromatic heterocycles. The summed E-state index contributed by atoms with van der Waals surface area (Å²) in [5.74, 6) is -0.454. The van der Waals surface area contributed by atoms with Gasteiger partial charge in [-0.15, -0.1) is 11.8 Å². The number of sulfone groups is 1. The molecule has 4 nitrogen and oxygen atoms in total. The third-order valence-corrected chi connectivity index (χ3v) is 6.75. The van der Waals surface area contributed by atoms with E-state index in [1.807, 2.05) is 37.4 Å². The monoisotopic (exact) mass is 329 g/mol. The Hall–Kier alpha value is -1.01. The average Bonchev–Trinajstić information content (AvgIpc) is 2.46. The van der Waals surface area contributed by atoms with Gasteiger partial charge in [0, 0.05) is 4.90 Å². The molecular weight excluding hydrogens is 306 g/mol. The number of carbonyl (C=O) groups excluding carboxylic acids is 1. The van der Waals surface area contributed by atoms with Crippen LogP contribution in [0.25, 0.3) is 0 Å². The van der Waals surface area contributed by atoms with Crippen molar-refractivity contribution in [2.45, 2.75) is 49.1 Å². The predicted octanol–water partition coefficient (Wildman–Crippen LogP) is 2.80. The van der Waals surface area contributed by atoms with E-state index in [2.05, 4.69) is 5.32 Å². The summed E-state index contributed by atoms with van der Waals surface area (Å²) in [5, 5.41) is 1.17. The molecule has 1 N–H and O–H groups in total. The predicted molar refractivity (Wildman–Crippen MR) is 88.3 cm³/mol. The number of rotatable bonds is 6. The van der Waals surface area contributed by atoms with Gasteiger partial charge in [0.2, 0.25) is 5.91 Å². The maximum absolute atomic E-state index is 12.1. The second kappa shape index (κ2) is 7.31. The van der Waals surface area contributed by atoms with Crippen LogP contribution in [0.3, 0.4) is 0 Å². The molecule has 1 aromatic rings. The molecule has 0 saturated heterocycles. The van der Waals surface area contributed by atoms with Crippen LogP contribution in [0.15, 0.2) is 29.2 Å². The van der Waals surface area contributed by atoms with Crippen molar-refractivity contribution in [2.75, 3.05) is 6.26 Å². The highest BCUT2D eigenvalue weighted by Crippen LogP contribution is 2.19. The van der Waals surface area contributed by atoms with E-state index >= 15 is 0 Å². The summed E-state index contributed by atoms with van der Waals surface area (Å²) < 4.78 is 24.0. The Labute approximate surface area is 131 Å². The van der Waals surface area contributed by atoms with Crippen LogP contribution in [-0.2, 0) is 14.6 Å². The molecule has 0 heterocycles. The van der Waals surface area contributed by atoms with Crippen LogP contribution in [-0.4, -0.2) is 31.1 Å². The zero-order chi connectivity index (χ0) is 16.2. The quantitative estimate of drug-likeness (QED) is 0.815. The van der Waals surface area contributed by atoms with Gasteiger partial charge in [-0.2, -0.15) is 0 Å². The van der Waals surface area contributed by atoms with Crippen molar-refractivity contribution in [3.8, 4) is 0 Å². The van der Waals surface area contributed by atoms with Crippen molar-refractivity contribution in [1.82, 2.24) is 5.32 Å². The molecule has 0 aliphatic rings. The van der Waals surface area contributed by atoms with E-state index in [1.165, 1.54) is 6.92 Å². The van der Waals surface area contributed by atoms with Gasteiger partial charge in [0.25, 0.3) is 0 Å². The van der Waals surface area contributed by atoms with Crippen LogP contribution in [0.4, 0.5) is 0 Å². The molecule has 0 saturated carbocycles. The molecule has 0 radical (unpaired) electrons. The second-order valence-electron chi connectivity index (χ2n) is 5.28. The standard InChI is InChI=1S/C15H23NO3S2/c1-10(2)21(18,19)12(4)15(17)16-11(3)13-6-8-14(20-5)9-7-13/h6-12H,1-5H3,(H,16,17)/t11-,12-/m1/s1. The number of hydrogen-bond acceptors (Lipinski definition) is 4. The minimum atomic E-state index is -3.43. The molecule has 2 atom stereocenters. The number of nitrogens with one attached hydrogen (secondary N) is 1. The third kappa shape index (κ3) is 4.48. The Morgan fingerprint density at radius 3 is 2.05 bits per heavy atom. The van der Waals surface area contributed by atoms with E-state index in [0.29, 0.717) is 0 Å². The fourth-order valence-corrected chi connectivity index (χ4v) is 3.46. The van der Waals surface area contributed by atoms with Gasteiger partial charge in [-0.05, 0) is 51.6 Å². The highest BCUT2D eigenvalue weighted by atomic mass is 32.2. The van der Waals surface area contributed by atoms with Crippen molar-refractivity contribution >= 4 is 27.5 Å². The van der Waals surface area contributed by atoms with Crippen molar-refractivity contribution in [3.63, 3.8) is 0 Å². The fourth-order valence-electron chi connectivity index (χ4n) is 1.86. The molecule has 0 aliphatic carbocycles. The molecule has 0 bridgehead atoms. The molecule has 0 unspecified atom stereocenters. The molecule has 118 valence electrons. The Balaban J connectivity index is 2.78. The number of benzene rings is 1. The first kappa shape index (κ1) is 18.0. The Bertz CT molecular complexity index is 579. The van der Waals surface area contributed by atoms with E-state index in [0.717, 1.165) is 10.5 Å². The van der Waals surface area contributed by atoms with Gasteiger partial charge >= 0.3 is 0 Å². The van der Waals surface area contributed by atoms with Crippen LogP contribution in [0.5, 0.6) is 0 Å². The van der Waals surface area contributed by atoms with Crippen molar-refractivity contribution in [1.29, 1.82) is 0 Å². The van der Waals surface area contributed by atoms with Crippen molar-refractivity contribution < 1.29 is 13.2 Å². The summed E-state index contributed by atoms with van der Waals surface area (Å²) in [4.78, 5) is 13.3. The Morgan fingerprint density at radius 1 is 1.10 bits per heavy atom. The molecule has 1 rings (SSSR count). The SMILES string of the molecule is CSc1ccc([C@@H](C)NC(=O)[C@@H](C)S(=O)(=O)C(C)C)cc1. The van der Waals surface area contributed by atoms with E-state index in [4.69, 9.17) is 0 Å². The summed E-state index contributed by atoms with van der Waals surface area (Å²) in [5.41, 5.74) is 0.954. The molecule has 0 aliphatic heterocycles. The average molecular weight is 329 g/mol. The zero-order valence-electron chi connectivity index (χ0n) is 13.1. The fraction of sp³-hybridized carbons (Fsp3) is 0.533. The van der Waals surface area contributed by atoms with E-state index in [-0.39, 0.29) is 6.04 Å². The number of amides is 1. The van der Waals surface area contributed by atoms with Gasteiger partial charge < -0.3 is 5.32 Å². The molecule has 21 heavy (non-hydrogen) atoms. The number of hydrogen-bond donors (Lipinski definition) is 1. The molecule has 1 amide bonds. The molecule has 6 heteroatoms. The van der Waals surface area contributed by atoms with E-state index < -0.39 is 26.2 Å². The molecular formula is C15H23NO3S2. The first-order chi connectivity index (χ1) is 9.70. The normalized spacial score (nSPS) is 14.8.